The third-order valence-corrected chi connectivity index (χ3v) is 4.31. The number of nitrogens with zero attached hydrogens (tertiary/aromatic N) is 3. The molecule has 8 heteroatoms. The second-order valence-corrected chi connectivity index (χ2v) is 6.29. The van der Waals surface area contributed by atoms with E-state index in [0.29, 0.717) is 23.5 Å². The van der Waals surface area contributed by atoms with Crippen LogP contribution in [0, 0.1) is 11.6 Å². The van der Waals surface area contributed by atoms with Crippen molar-refractivity contribution in [3.63, 3.8) is 0 Å². The lowest BCUT2D eigenvalue weighted by molar-refractivity contribution is -0.119. The third-order valence-electron chi connectivity index (χ3n) is 4.00. The van der Waals surface area contributed by atoms with Crippen molar-refractivity contribution in [3.8, 4) is 22.8 Å². The van der Waals surface area contributed by atoms with E-state index in [1.54, 1.807) is 18.2 Å². The van der Waals surface area contributed by atoms with Gasteiger partial charge in [0.05, 0.1) is 10.6 Å². The molecule has 0 unspecified atom stereocenters. The molecule has 1 heterocycles. The Hall–Kier alpha value is -2.80. The molecule has 0 saturated carbocycles. The van der Waals surface area contributed by atoms with Gasteiger partial charge in [-0.1, -0.05) is 23.7 Å². The van der Waals surface area contributed by atoms with E-state index in [9.17, 15) is 13.6 Å². The molecule has 1 amide bonds. The highest BCUT2D eigenvalue weighted by Crippen LogP contribution is 2.29. The van der Waals surface area contributed by atoms with Gasteiger partial charge < -0.3 is 5.32 Å². The van der Waals surface area contributed by atoms with Gasteiger partial charge in [0.1, 0.15) is 11.6 Å². The topological polar surface area (TPSA) is 59.8 Å². The fraction of sp³-hybridized carbons (Fsp3) is 0.211. The average Bonchev–Trinajstić information content (AvgIpc) is 3.06. The zero-order valence-corrected chi connectivity index (χ0v) is 15.5. The average molecular weight is 391 g/mol. The molecule has 0 saturated heterocycles. The second kappa shape index (κ2) is 7.84. The number of benzene rings is 2. The molecule has 1 aromatic heterocycles. The zero-order chi connectivity index (χ0) is 19.6. The van der Waals surface area contributed by atoms with Crippen LogP contribution in [0.1, 0.15) is 19.4 Å². The predicted molar refractivity (Wildman–Crippen MR) is 99.0 cm³/mol. The molecule has 3 aromatic rings. The number of nitrogens with one attached hydrogen (secondary N) is 1. The molecule has 0 bridgehead atoms. The van der Waals surface area contributed by atoms with Gasteiger partial charge in [-0.3, -0.25) is 4.79 Å². The maximum atomic E-state index is 14.6. The minimum atomic E-state index is -0.583. The van der Waals surface area contributed by atoms with Crippen molar-refractivity contribution in [2.45, 2.75) is 26.9 Å². The second-order valence-electron chi connectivity index (χ2n) is 5.89. The molecule has 0 aliphatic rings. The molecule has 1 N–H and O–H groups in total. The van der Waals surface area contributed by atoms with Crippen molar-refractivity contribution in [3.05, 3.63) is 58.6 Å². The van der Waals surface area contributed by atoms with Crippen LogP contribution >= 0.6 is 11.6 Å². The quantitative estimate of drug-likeness (QED) is 0.710. The van der Waals surface area contributed by atoms with E-state index in [2.05, 4.69) is 15.4 Å². The lowest BCUT2D eigenvalue weighted by Gasteiger charge is -2.11. The molecule has 2 aromatic carbocycles. The molecule has 27 heavy (non-hydrogen) atoms. The molecule has 0 spiro atoms. The Morgan fingerprint density at radius 3 is 2.67 bits per heavy atom. The summed E-state index contributed by atoms with van der Waals surface area (Å²) in [5.74, 6) is -0.716. The SMILES string of the molecule is CCn1nc(-c2ccc(Cl)c(F)c2)nc1-c1c(F)cccc1CNC(C)=O. The Morgan fingerprint density at radius 2 is 2.00 bits per heavy atom. The number of aryl methyl sites for hydroxylation is 1. The van der Waals surface area contributed by atoms with Crippen LogP contribution in [0.2, 0.25) is 5.02 Å². The Morgan fingerprint density at radius 1 is 1.22 bits per heavy atom. The van der Waals surface area contributed by atoms with Crippen LogP contribution in [0.4, 0.5) is 8.78 Å². The largest absolute Gasteiger partial charge is 0.352 e. The van der Waals surface area contributed by atoms with Crippen molar-refractivity contribution in [1.29, 1.82) is 0 Å². The van der Waals surface area contributed by atoms with Crippen molar-refractivity contribution in [2.75, 3.05) is 0 Å². The molecular weight excluding hydrogens is 374 g/mol. The summed E-state index contributed by atoms with van der Waals surface area (Å²) in [4.78, 5) is 15.7. The van der Waals surface area contributed by atoms with Crippen molar-refractivity contribution in [1.82, 2.24) is 20.1 Å². The number of carbonyl (C=O) groups excluding carboxylic acids is 1. The molecule has 3 rings (SSSR count). The van der Waals surface area contributed by atoms with Gasteiger partial charge in [0, 0.05) is 25.6 Å². The Labute approximate surface area is 160 Å². The first kappa shape index (κ1) is 19.0. The van der Waals surface area contributed by atoms with Crippen LogP contribution in [-0.2, 0) is 17.9 Å². The van der Waals surface area contributed by atoms with Gasteiger partial charge in [0.15, 0.2) is 11.6 Å². The molecule has 0 atom stereocenters. The first-order valence-corrected chi connectivity index (χ1v) is 8.71. The molecular formula is C19H17ClF2N4O. The Bertz CT molecular complexity index is 1000. The van der Waals surface area contributed by atoms with Crippen molar-refractivity contribution < 1.29 is 13.6 Å². The van der Waals surface area contributed by atoms with E-state index in [1.807, 2.05) is 6.92 Å². The fourth-order valence-corrected chi connectivity index (χ4v) is 2.81. The normalized spacial score (nSPS) is 10.9. The highest BCUT2D eigenvalue weighted by atomic mass is 35.5. The van der Waals surface area contributed by atoms with E-state index < -0.39 is 11.6 Å². The predicted octanol–water partition coefficient (Wildman–Crippen LogP) is 4.20. The minimum Gasteiger partial charge on any atom is -0.352 e. The maximum Gasteiger partial charge on any atom is 0.217 e. The van der Waals surface area contributed by atoms with Gasteiger partial charge >= 0.3 is 0 Å². The highest BCUT2D eigenvalue weighted by Gasteiger charge is 2.20. The number of carbonyl (C=O) groups is 1. The fourth-order valence-electron chi connectivity index (χ4n) is 2.69. The summed E-state index contributed by atoms with van der Waals surface area (Å²) in [6, 6.07) is 8.86. The number of rotatable bonds is 5. The number of hydrogen-bond acceptors (Lipinski definition) is 3. The molecule has 0 fully saturated rings. The van der Waals surface area contributed by atoms with Crippen LogP contribution in [0.15, 0.2) is 36.4 Å². The Kier molecular flexibility index (Phi) is 5.51. The van der Waals surface area contributed by atoms with Gasteiger partial charge in [0.25, 0.3) is 0 Å². The van der Waals surface area contributed by atoms with E-state index in [0.717, 1.165) is 0 Å². The van der Waals surface area contributed by atoms with Gasteiger partial charge in [-0.05, 0) is 36.8 Å². The van der Waals surface area contributed by atoms with Crippen LogP contribution in [0.3, 0.4) is 0 Å². The van der Waals surface area contributed by atoms with E-state index in [4.69, 9.17) is 11.6 Å². The lowest BCUT2D eigenvalue weighted by atomic mass is 10.1. The molecule has 0 aliphatic heterocycles. The van der Waals surface area contributed by atoms with Crippen LogP contribution in [0.25, 0.3) is 22.8 Å². The zero-order valence-electron chi connectivity index (χ0n) is 14.8. The van der Waals surface area contributed by atoms with Gasteiger partial charge in [-0.15, -0.1) is 0 Å². The first-order chi connectivity index (χ1) is 12.9. The summed E-state index contributed by atoms with van der Waals surface area (Å²) in [5.41, 5.74) is 1.26. The number of halogens is 3. The smallest absolute Gasteiger partial charge is 0.217 e. The monoisotopic (exact) mass is 390 g/mol. The van der Waals surface area contributed by atoms with E-state index >= 15 is 0 Å². The number of hydrogen-bond donors (Lipinski definition) is 1. The standard InChI is InChI=1S/C19H17ClF2N4O/c1-3-26-19(17-13(10-23-11(2)27)5-4-6-15(17)21)24-18(25-26)12-7-8-14(20)16(22)9-12/h4-9H,3,10H2,1-2H3,(H,23,27). The molecule has 0 aliphatic carbocycles. The van der Waals surface area contributed by atoms with Gasteiger partial charge in [-0.25, -0.2) is 18.4 Å². The Balaban J connectivity index is 2.11. The summed E-state index contributed by atoms with van der Waals surface area (Å²) in [6.07, 6.45) is 0. The summed E-state index contributed by atoms with van der Waals surface area (Å²) >= 11 is 5.72. The number of amides is 1. The molecule has 5 nitrogen and oxygen atoms in total. The van der Waals surface area contributed by atoms with Crippen molar-refractivity contribution >= 4 is 17.5 Å². The first-order valence-electron chi connectivity index (χ1n) is 8.33. The molecule has 0 radical (unpaired) electrons. The third kappa shape index (κ3) is 3.98. The van der Waals surface area contributed by atoms with Crippen LogP contribution in [0.5, 0.6) is 0 Å². The number of aromatic nitrogens is 3. The van der Waals surface area contributed by atoms with Crippen LogP contribution < -0.4 is 5.32 Å². The van der Waals surface area contributed by atoms with Gasteiger partial charge in [0.2, 0.25) is 5.91 Å². The summed E-state index contributed by atoms with van der Waals surface area (Å²) in [6.45, 7) is 3.83. The lowest BCUT2D eigenvalue weighted by Crippen LogP contribution is -2.20. The minimum absolute atomic E-state index is 0.000551. The van der Waals surface area contributed by atoms with Crippen LogP contribution in [-0.4, -0.2) is 20.7 Å². The highest BCUT2D eigenvalue weighted by molar-refractivity contribution is 6.30. The maximum absolute atomic E-state index is 14.6. The summed E-state index contributed by atoms with van der Waals surface area (Å²) in [5, 5.41) is 7.03. The summed E-state index contributed by atoms with van der Waals surface area (Å²) < 4.78 is 30.0. The van der Waals surface area contributed by atoms with E-state index in [-0.39, 0.29) is 28.9 Å². The van der Waals surface area contributed by atoms with Crippen molar-refractivity contribution in [2.24, 2.45) is 0 Å². The molecule has 140 valence electrons. The summed E-state index contributed by atoms with van der Waals surface area (Å²) in [7, 11) is 0. The van der Waals surface area contributed by atoms with E-state index in [1.165, 1.54) is 29.8 Å². The van der Waals surface area contributed by atoms with Gasteiger partial charge in [-0.2, -0.15) is 5.10 Å².